The fraction of sp³-hybridized carbons (Fsp3) is 0.476. The summed E-state index contributed by atoms with van der Waals surface area (Å²) >= 11 is 1.70. The largest absolute Gasteiger partial charge is 0.483 e. The lowest BCUT2D eigenvalue weighted by molar-refractivity contribution is -0.132. The second-order valence-corrected chi connectivity index (χ2v) is 8.47. The Balaban J connectivity index is 0.000000755. The van der Waals surface area contributed by atoms with Crippen LogP contribution in [-0.4, -0.2) is 50.9 Å². The maximum absolute atomic E-state index is 13.2. The van der Waals surface area contributed by atoms with E-state index < -0.39 is 0 Å². The fourth-order valence-corrected chi connectivity index (χ4v) is 5.00. The summed E-state index contributed by atoms with van der Waals surface area (Å²) in [6.45, 7) is 3.29. The SMILES string of the molecule is O=C1CCC2(CCCN(Cc3nccs3)CC2)N1Cc1ccc(F)cc1.O=CO. The summed E-state index contributed by atoms with van der Waals surface area (Å²) in [5.74, 6) is 0.00575. The van der Waals surface area contributed by atoms with E-state index in [0.29, 0.717) is 13.0 Å². The van der Waals surface area contributed by atoms with E-state index in [4.69, 9.17) is 9.90 Å². The lowest BCUT2D eigenvalue weighted by atomic mass is 9.87. The highest BCUT2D eigenvalue weighted by Crippen LogP contribution is 2.40. The second-order valence-electron chi connectivity index (χ2n) is 7.49. The van der Waals surface area contributed by atoms with Crippen molar-refractivity contribution in [3.05, 3.63) is 52.2 Å². The third-order valence-corrected chi connectivity index (χ3v) is 6.55. The summed E-state index contributed by atoms with van der Waals surface area (Å²) in [5.41, 5.74) is 0.966. The van der Waals surface area contributed by atoms with E-state index in [-0.39, 0.29) is 23.7 Å². The summed E-state index contributed by atoms with van der Waals surface area (Å²) in [4.78, 5) is 29.9. The first-order chi connectivity index (χ1) is 14.1. The molecule has 2 saturated heterocycles. The molecule has 2 aliphatic rings. The molecule has 0 saturated carbocycles. The zero-order valence-corrected chi connectivity index (χ0v) is 17.1. The Bertz CT molecular complexity index is 800. The molecule has 4 rings (SSSR count). The number of thiazole rings is 1. The predicted molar refractivity (Wildman–Crippen MR) is 109 cm³/mol. The van der Waals surface area contributed by atoms with Crippen LogP contribution in [0.25, 0.3) is 0 Å². The third-order valence-electron chi connectivity index (χ3n) is 5.78. The van der Waals surface area contributed by atoms with Crippen molar-refractivity contribution in [3.8, 4) is 0 Å². The standard InChI is InChI=1S/C20H24FN3OS.CH2O2/c21-17-4-2-16(3-5-17)14-24-19(25)6-8-20(24)7-1-11-23(12-9-20)15-18-22-10-13-26-18;2-1-3/h2-5,10,13H,1,6-9,11-12,14-15H2;1H,(H,2,3). The Morgan fingerprint density at radius 2 is 1.93 bits per heavy atom. The number of benzene rings is 1. The predicted octanol–water partition coefficient (Wildman–Crippen LogP) is 3.53. The monoisotopic (exact) mass is 419 g/mol. The normalized spacial score (nSPS) is 22.2. The van der Waals surface area contributed by atoms with Crippen molar-refractivity contribution >= 4 is 23.7 Å². The number of hydrogen-bond donors (Lipinski definition) is 1. The van der Waals surface area contributed by atoms with E-state index >= 15 is 0 Å². The molecule has 156 valence electrons. The first-order valence-electron chi connectivity index (χ1n) is 9.80. The van der Waals surface area contributed by atoms with Crippen LogP contribution in [0.2, 0.25) is 0 Å². The summed E-state index contributed by atoms with van der Waals surface area (Å²) in [6, 6.07) is 6.54. The van der Waals surface area contributed by atoms with Gasteiger partial charge in [-0.3, -0.25) is 14.5 Å². The van der Waals surface area contributed by atoms with Crippen LogP contribution < -0.4 is 0 Å². The third kappa shape index (κ3) is 5.39. The van der Waals surface area contributed by atoms with Crippen LogP contribution in [0.5, 0.6) is 0 Å². The van der Waals surface area contributed by atoms with Crippen LogP contribution in [0.1, 0.15) is 42.7 Å². The maximum atomic E-state index is 13.2. The first-order valence-corrected chi connectivity index (χ1v) is 10.7. The number of nitrogens with zero attached hydrogens (tertiary/aromatic N) is 3. The zero-order chi connectivity index (χ0) is 20.7. The van der Waals surface area contributed by atoms with E-state index in [9.17, 15) is 9.18 Å². The van der Waals surface area contributed by atoms with Crippen molar-refractivity contribution in [2.75, 3.05) is 13.1 Å². The van der Waals surface area contributed by atoms with Crippen molar-refractivity contribution in [3.63, 3.8) is 0 Å². The molecule has 1 spiro atoms. The number of carboxylic acid groups (broad SMARTS) is 1. The fourth-order valence-electron chi connectivity index (χ4n) is 4.34. The molecule has 8 heteroatoms. The van der Waals surface area contributed by atoms with Crippen LogP contribution in [-0.2, 0) is 22.7 Å². The van der Waals surface area contributed by atoms with Crippen molar-refractivity contribution in [1.82, 2.24) is 14.8 Å². The highest BCUT2D eigenvalue weighted by Gasteiger charge is 2.45. The molecule has 0 radical (unpaired) electrons. The molecule has 1 unspecified atom stereocenters. The van der Waals surface area contributed by atoms with Crippen LogP contribution in [0, 0.1) is 5.82 Å². The van der Waals surface area contributed by atoms with Crippen LogP contribution in [0.3, 0.4) is 0 Å². The van der Waals surface area contributed by atoms with Gasteiger partial charge in [-0.2, -0.15) is 0 Å². The molecule has 2 aliphatic heterocycles. The summed E-state index contributed by atoms with van der Waals surface area (Å²) < 4.78 is 13.2. The van der Waals surface area contributed by atoms with Gasteiger partial charge in [0.15, 0.2) is 0 Å². The van der Waals surface area contributed by atoms with Gasteiger partial charge < -0.3 is 10.0 Å². The number of hydrogen-bond acceptors (Lipinski definition) is 5. The minimum absolute atomic E-state index is 0.0386. The molecule has 0 aliphatic carbocycles. The highest BCUT2D eigenvalue weighted by molar-refractivity contribution is 7.09. The van der Waals surface area contributed by atoms with Crippen molar-refractivity contribution < 1.29 is 19.1 Å². The molecular formula is C21H26FN3O3S. The summed E-state index contributed by atoms with van der Waals surface area (Å²) in [7, 11) is 0. The van der Waals surface area contributed by atoms with Crippen LogP contribution in [0.4, 0.5) is 4.39 Å². The Hall–Kier alpha value is -2.32. The van der Waals surface area contributed by atoms with E-state index in [2.05, 4.69) is 14.8 Å². The Labute approximate surface area is 174 Å². The lowest BCUT2D eigenvalue weighted by Gasteiger charge is -2.38. The van der Waals surface area contributed by atoms with Gasteiger partial charge in [-0.05, 0) is 49.9 Å². The number of halogens is 1. The number of carbonyl (C=O) groups is 2. The highest BCUT2D eigenvalue weighted by atomic mass is 32.1. The minimum Gasteiger partial charge on any atom is -0.483 e. The molecule has 2 aromatic rings. The van der Waals surface area contributed by atoms with E-state index in [1.807, 2.05) is 11.6 Å². The van der Waals surface area contributed by atoms with Gasteiger partial charge in [0, 0.05) is 36.6 Å². The molecule has 1 N–H and O–H groups in total. The Morgan fingerprint density at radius 1 is 1.17 bits per heavy atom. The molecule has 3 heterocycles. The van der Waals surface area contributed by atoms with Gasteiger partial charge in [-0.25, -0.2) is 9.37 Å². The Kier molecular flexibility index (Phi) is 7.33. The van der Waals surface area contributed by atoms with Crippen molar-refractivity contribution in [2.45, 2.75) is 50.7 Å². The quantitative estimate of drug-likeness (QED) is 0.768. The number of aromatic nitrogens is 1. The van der Waals surface area contributed by atoms with Crippen molar-refractivity contribution in [1.29, 1.82) is 0 Å². The van der Waals surface area contributed by atoms with Crippen LogP contribution >= 0.6 is 11.3 Å². The maximum Gasteiger partial charge on any atom is 0.290 e. The molecule has 6 nitrogen and oxygen atoms in total. The number of amides is 1. The number of likely N-dealkylation sites (tertiary alicyclic amines) is 2. The van der Waals surface area contributed by atoms with E-state index in [1.54, 1.807) is 23.5 Å². The smallest absolute Gasteiger partial charge is 0.290 e. The number of carbonyl (C=O) groups excluding carboxylic acids is 1. The molecule has 29 heavy (non-hydrogen) atoms. The van der Waals surface area contributed by atoms with Crippen LogP contribution in [0.15, 0.2) is 35.8 Å². The van der Waals surface area contributed by atoms with Gasteiger partial charge >= 0.3 is 0 Å². The average molecular weight is 420 g/mol. The number of rotatable bonds is 4. The molecule has 1 aromatic carbocycles. The molecule has 1 amide bonds. The van der Waals surface area contributed by atoms with Gasteiger partial charge in [0.05, 0.1) is 6.54 Å². The Morgan fingerprint density at radius 3 is 2.62 bits per heavy atom. The van der Waals surface area contributed by atoms with Gasteiger partial charge in [0.1, 0.15) is 10.8 Å². The first kappa shape index (κ1) is 21.4. The van der Waals surface area contributed by atoms with Gasteiger partial charge in [-0.15, -0.1) is 11.3 Å². The minimum atomic E-state index is -0.250. The second kappa shape index (κ2) is 9.93. The summed E-state index contributed by atoms with van der Waals surface area (Å²) in [5, 5.41) is 10.1. The molecular weight excluding hydrogens is 393 g/mol. The molecule has 0 bridgehead atoms. The lowest BCUT2D eigenvalue weighted by Crippen LogP contribution is -2.45. The molecule has 1 atom stereocenters. The van der Waals surface area contributed by atoms with Gasteiger partial charge in [0.2, 0.25) is 5.91 Å². The zero-order valence-electron chi connectivity index (χ0n) is 16.3. The van der Waals surface area contributed by atoms with E-state index in [1.165, 1.54) is 12.1 Å². The van der Waals surface area contributed by atoms with Gasteiger partial charge in [0.25, 0.3) is 6.47 Å². The molecule has 1 aromatic heterocycles. The summed E-state index contributed by atoms with van der Waals surface area (Å²) in [6.07, 6.45) is 6.59. The van der Waals surface area contributed by atoms with Crippen molar-refractivity contribution in [2.24, 2.45) is 0 Å². The average Bonchev–Trinajstić information content (AvgIpc) is 3.26. The van der Waals surface area contributed by atoms with Gasteiger partial charge in [-0.1, -0.05) is 12.1 Å². The van der Waals surface area contributed by atoms with E-state index in [0.717, 1.165) is 55.9 Å². The molecule has 2 fully saturated rings. The topological polar surface area (TPSA) is 73.7 Å².